The lowest BCUT2D eigenvalue weighted by Crippen LogP contribution is -2.47. The molecule has 2 aromatic rings. The number of aromatic hydroxyl groups is 1. The molecule has 0 spiro atoms. The van der Waals surface area contributed by atoms with Crippen LogP contribution in [0.1, 0.15) is 49.5 Å². The molecule has 0 aromatic heterocycles. The number of phenols is 1. The monoisotopic (exact) mass is 337 g/mol. The number of carbonyl (C=O) groups is 1. The smallest absolute Gasteiger partial charge is 0.162 e. The summed E-state index contributed by atoms with van der Waals surface area (Å²) in [4.78, 5) is 14.4. The van der Waals surface area contributed by atoms with Crippen LogP contribution >= 0.6 is 0 Å². The van der Waals surface area contributed by atoms with Gasteiger partial charge in [-0.15, -0.1) is 0 Å². The Bertz CT molecular complexity index is 770. The predicted octanol–water partition coefficient (Wildman–Crippen LogP) is 4.79. The van der Waals surface area contributed by atoms with E-state index in [4.69, 9.17) is 0 Å². The van der Waals surface area contributed by atoms with Crippen molar-refractivity contribution in [1.82, 2.24) is 0 Å². The Morgan fingerprint density at radius 3 is 2.68 bits per heavy atom. The fourth-order valence-electron chi connectivity index (χ4n) is 3.84. The van der Waals surface area contributed by atoms with E-state index in [1.807, 2.05) is 37.3 Å². The molecule has 3 nitrogen and oxygen atoms in total. The molecule has 2 atom stereocenters. The summed E-state index contributed by atoms with van der Waals surface area (Å²) in [6.07, 6.45) is 1.55. The molecule has 1 fully saturated rings. The molecule has 0 saturated carbocycles. The third kappa shape index (κ3) is 3.41. The van der Waals surface area contributed by atoms with Gasteiger partial charge in [0, 0.05) is 30.8 Å². The largest absolute Gasteiger partial charge is 0.508 e. The van der Waals surface area contributed by atoms with Gasteiger partial charge in [0.1, 0.15) is 5.75 Å². The van der Waals surface area contributed by atoms with Crippen LogP contribution < -0.4 is 4.90 Å². The Balaban J connectivity index is 1.81. The minimum atomic E-state index is 0.0477. The highest BCUT2D eigenvalue weighted by Gasteiger charge is 2.38. The van der Waals surface area contributed by atoms with Crippen molar-refractivity contribution in [3.8, 4) is 5.75 Å². The van der Waals surface area contributed by atoms with E-state index in [9.17, 15) is 9.90 Å². The molecule has 0 aliphatic carbocycles. The Morgan fingerprint density at radius 1 is 1.24 bits per heavy atom. The molecule has 1 aliphatic rings. The number of rotatable bonds is 4. The summed E-state index contributed by atoms with van der Waals surface area (Å²) < 4.78 is 0. The summed E-state index contributed by atoms with van der Waals surface area (Å²) in [6.45, 7) is 8.35. The van der Waals surface area contributed by atoms with Crippen LogP contribution in [0.5, 0.6) is 5.75 Å². The Labute approximate surface area is 150 Å². The fraction of sp³-hybridized carbons (Fsp3) is 0.409. The Kier molecular flexibility index (Phi) is 4.85. The third-order valence-electron chi connectivity index (χ3n) is 5.84. The molecule has 0 bridgehead atoms. The fourth-order valence-corrected chi connectivity index (χ4v) is 3.84. The zero-order valence-corrected chi connectivity index (χ0v) is 15.3. The molecule has 0 amide bonds. The third-order valence-corrected chi connectivity index (χ3v) is 5.84. The number of phenolic OH excluding ortho intramolecular Hbond substituents is 1. The number of hydrogen-bond donors (Lipinski definition) is 1. The number of carbonyl (C=O) groups excluding carboxylic acids is 1. The van der Waals surface area contributed by atoms with Crippen molar-refractivity contribution in [1.29, 1.82) is 0 Å². The first kappa shape index (κ1) is 17.5. The summed E-state index contributed by atoms with van der Waals surface area (Å²) in [5, 5.41) is 9.84. The lowest BCUT2D eigenvalue weighted by molar-refractivity contribution is 0.0988. The van der Waals surface area contributed by atoms with E-state index in [1.165, 1.54) is 5.56 Å². The first-order valence-electron chi connectivity index (χ1n) is 9.12. The van der Waals surface area contributed by atoms with Crippen molar-refractivity contribution in [2.24, 2.45) is 5.92 Å². The van der Waals surface area contributed by atoms with E-state index in [0.717, 1.165) is 30.8 Å². The molecule has 0 radical (unpaired) electrons. The molecule has 1 saturated heterocycles. The summed E-state index contributed by atoms with van der Waals surface area (Å²) in [5.41, 5.74) is 3.18. The summed E-state index contributed by atoms with van der Waals surface area (Å²) in [5.74, 6) is 0.962. The highest BCUT2D eigenvalue weighted by Crippen LogP contribution is 2.41. The van der Waals surface area contributed by atoms with Crippen LogP contribution in [-0.4, -0.2) is 24.0 Å². The topological polar surface area (TPSA) is 40.5 Å². The highest BCUT2D eigenvalue weighted by atomic mass is 16.3. The van der Waals surface area contributed by atoms with Crippen molar-refractivity contribution in [2.45, 2.75) is 39.0 Å². The van der Waals surface area contributed by atoms with Gasteiger partial charge in [0.05, 0.1) is 0 Å². The van der Waals surface area contributed by atoms with Gasteiger partial charge in [-0.05, 0) is 47.6 Å². The second-order valence-corrected chi connectivity index (χ2v) is 7.39. The number of hydrogen-bond acceptors (Lipinski definition) is 3. The van der Waals surface area contributed by atoms with E-state index in [1.54, 1.807) is 6.07 Å². The quantitative estimate of drug-likeness (QED) is 0.816. The van der Waals surface area contributed by atoms with Gasteiger partial charge in [-0.2, -0.15) is 0 Å². The van der Waals surface area contributed by atoms with Crippen molar-refractivity contribution in [3.05, 3.63) is 59.7 Å². The second-order valence-electron chi connectivity index (χ2n) is 7.39. The van der Waals surface area contributed by atoms with Gasteiger partial charge in [0.25, 0.3) is 0 Å². The number of piperidine rings is 1. The molecule has 132 valence electrons. The van der Waals surface area contributed by atoms with Crippen LogP contribution in [-0.2, 0) is 5.41 Å². The highest BCUT2D eigenvalue weighted by molar-refractivity contribution is 5.96. The normalized spacial score (nSPS) is 23.5. The van der Waals surface area contributed by atoms with Gasteiger partial charge in [-0.25, -0.2) is 0 Å². The summed E-state index contributed by atoms with van der Waals surface area (Å²) in [6, 6.07) is 15.7. The average Bonchev–Trinajstić information content (AvgIpc) is 2.63. The number of ketones is 1. The van der Waals surface area contributed by atoms with Gasteiger partial charge in [-0.3, -0.25) is 4.79 Å². The Hall–Kier alpha value is -2.29. The number of Topliss-reactive ketones (excluding diaryl/α,β-unsaturated/α-hetero) is 1. The van der Waals surface area contributed by atoms with Crippen LogP contribution in [0.2, 0.25) is 0 Å². The Morgan fingerprint density at radius 2 is 2.00 bits per heavy atom. The number of benzene rings is 2. The first-order chi connectivity index (χ1) is 11.9. The molecule has 3 heteroatoms. The molecule has 2 aromatic carbocycles. The van der Waals surface area contributed by atoms with Crippen molar-refractivity contribution in [2.75, 3.05) is 18.0 Å². The van der Waals surface area contributed by atoms with E-state index in [2.05, 4.69) is 30.9 Å². The predicted molar refractivity (Wildman–Crippen MR) is 103 cm³/mol. The number of nitrogens with zero attached hydrogens (tertiary/aromatic N) is 1. The van der Waals surface area contributed by atoms with Gasteiger partial charge < -0.3 is 10.0 Å². The van der Waals surface area contributed by atoms with Gasteiger partial charge in [0.2, 0.25) is 0 Å². The van der Waals surface area contributed by atoms with Crippen LogP contribution in [0.3, 0.4) is 0 Å². The second kappa shape index (κ2) is 6.91. The van der Waals surface area contributed by atoms with E-state index in [-0.39, 0.29) is 11.2 Å². The number of anilines is 1. The lowest BCUT2D eigenvalue weighted by atomic mass is 9.68. The molecule has 1 N–H and O–H groups in total. The minimum Gasteiger partial charge on any atom is -0.508 e. The zero-order valence-electron chi connectivity index (χ0n) is 15.3. The molecule has 0 unspecified atom stereocenters. The SMILES string of the molecule is CCC(=O)c1cccc(N2CC[C@@](C)(c3cccc(O)c3)[C@@H](C)C2)c1. The van der Waals surface area contributed by atoms with Crippen LogP contribution in [0.25, 0.3) is 0 Å². The standard InChI is InChI=1S/C22H27NO2/c1-4-21(25)17-7-5-9-19(13-17)23-12-11-22(3,16(2)15-23)18-8-6-10-20(24)14-18/h5-10,13-14,16,24H,4,11-12,15H2,1-3H3/t16-,22+/m0/s1. The van der Waals surface area contributed by atoms with Crippen molar-refractivity contribution < 1.29 is 9.90 Å². The minimum absolute atomic E-state index is 0.0477. The maximum Gasteiger partial charge on any atom is 0.162 e. The van der Waals surface area contributed by atoms with Crippen LogP contribution in [0.4, 0.5) is 5.69 Å². The molecule has 1 aliphatic heterocycles. The van der Waals surface area contributed by atoms with Gasteiger partial charge >= 0.3 is 0 Å². The zero-order chi connectivity index (χ0) is 18.0. The molecule has 25 heavy (non-hydrogen) atoms. The maximum absolute atomic E-state index is 12.0. The van der Waals surface area contributed by atoms with E-state index < -0.39 is 0 Å². The van der Waals surface area contributed by atoms with Crippen molar-refractivity contribution in [3.63, 3.8) is 0 Å². The maximum atomic E-state index is 12.0. The molecule has 3 rings (SSSR count). The van der Waals surface area contributed by atoms with Crippen molar-refractivity contribution >= 4 is 11.5 Å². The van der Waals surface area contributed by atoms with E-state index in [0.29, 0.717) is 18.1 Å². The summed E-state index contributed by atoms with van der Waals surface area (Å²) in [7, 11) is 0. The first-order valence-corrected chi connectivity index (χ1v) is 9.12. The average molecular weight is 337 g/mol. The molecular weight excluding hydrogens is 310 g/mol. The van der Waals surface area contributed by atoms with Gasteiger partial charge in [-0.1, -0.05) is 45.0 Å². The van der Waals surface area contributed by atoms with E-state index >= 15 is 0 Å². The molecular formula is C22H27NO2. The van der Waals surface area contributed by atoms with Gasteiger partial charge in [0.15, 0.2) is 5.78 Å². The lowest BCUT2D eigenvalue weighted by Gasteiger charge is -2.46. The summed E-state index contributed by atoms with van der Waals surface area (Å²) >= 11 is 0. The molecule has 1 heterocycles. The van der Waals surface area contributed by atoms with Crippen LogP contribution in [0, 0.1) is 5.92 Å². The van der Waals surface area contributed by atoms with Crippen LogP contribution in [0.15, 0.2) is 48.5 Å².